The van der Waals surface area contributed by atoms with Crippen LogP contribution in [0.3, 0.4) is 0 Å². The monoisotopic (exact) mass is 583 g/mol. The number of anilines is 3. The van der Waals surface area contributed by atoms with Crippen LogP contribution in [0.5, 0.6) is 5.88 Å². The molecule has 3 aromatic rings. The minimum atomic E-state index is -1.21. The number of carboxylic acid groups (broad SMARTS) is 1. The van der Waals surface area contributed by atoms with Gasteiger partial charge in [0.2, 0.25) is 5.88 Å². The average Bonchev–Trinajstić information content (AvgIpc) is 2.88. The first-order chi connectivity index (χ1) is 19.8. The Morgan fingerprint density at radius 3 is 2.50 bits per heavy atom. The number of nitrogens with one attached hydrogen (secondary N) is 2. The fourth-order valence-electron chi connectivity index (χ4n) is 4.78. The lowest BCUT2D eigenvalue weighted by Gasteiger charge is -2.30. The number of benzene rings is 1. The van der Waals surface area contributed by atoms with Crippen LogP contribution in [-0.2, 0) is 9.47 Å². The maximum Gasteiger partial charge on any atom is 0.413 e. The third kappa shape index (κ3) is 5.84. The van der Waals surface area contributed by atoms with Crippen molar-refractivity contribution in [2.75, 3.05) is 28.7 Å². The summed E-state index contributed by atoms with van der Waals surface area (Å²) in [5, 5.41) is 24.7. The van der Waals surface area contributed by atoms with E-state index in [-0.39, 0.29) is 52.7 Å². The largest absolute Gasteiger partial charge is 0.474 e. The van der Waals surface area contributed by atoms with Crippen molar-refractivity contribution >= 4 is 46.2 Å². The third-order valence-corrected chi connectivity index (χ3v) is 6.78. The van der Waals surface area contributed by atoms with Crippen molar-refractivity contribution in [1.82, 2.24) is 9.97 Å². The minimum Gasteiger partial charge on any atom is -0.474 e. The van der Waals surface area contributed by atoms with Crippen LogP contribution in [0.25, 0.3) is 21.9 Å². The number of carbonyl (C=O) groups excluding carboxylic acids is 2. The van der Waals surface area contributed by atoms with Crippen molar-refractivity contribution < 1.29 is 43.2 Å². The number of amides is 3. The average molecular weight is 584 g/mol. The van der Waals surface area contributed by atoms with Crippen molar-refractivity contribution in [3.63, 3.8) is 0 Å². The number of aliphatic hydroxyl groups is 1. The molecule has 0 unspecified atom stereocenters. The van der Waals surface area contributed by atoms with Crippen molar-refractivity contribution in [3.8, 4) is 17.0 Å². The van der Waals surface area contributed by atoms with E-state index in [9.17, 15) is 24.6 Å². The van der Waals surface area contributed by atoms with Gasteiger partial charge < -0.3 is 24.4 Å². The van der Waals surface area contributed by atoms with E-state index in [0.717, 1.165) is 4.90 Å². The molecular formula is C28H30FN5O8. The van der Waals surface area contributed by atoms with Gasteiger partial charge in [-0.05, 0) is 50.8 Å². The number of aromatic nitrogens is 2. The van der Waals surface area contributed by atoms with Gasteiger partial charge in [-0.3, -0.25) is 15.5 Å². The molecule has 1 aliphatic carbocycles. The topological polar surface area (TPSA) is 172 Å². The zero-order chi connectivity index (χ0) is 30.3. The predicted octanol–water partition coefficient (Wildman–Crippen LogP) is 5.04. The highest BCUT2D eigenvalue weighted by molar-refractivity contribution is 6.04. The van der Waals surface area contributed by atoms with Crippen molar-refractivity contribution in [3.05, 3.63) is 35.9 Å². The zero-order valence-corrected chi connectivity index (χ0v) is 23.4. The first kappa shape index (κ1) is 28.8. The van der Waals surface area contributed by atoms with E-state index in [0.29, 0.717) is 23.8 Å². The van der Waals surface area contributed by atoms with Gasteiger partial charge in [-0.25, -0.2) is 28.7 Å². The number of hydrogen-bond acceptors (Lipinski definition) is 9. The van der Waals surface area contributed by atoms with Gasteiger partial charge >= 0.3 is 18.3 Å². The van der Waals surface area contributed by atoms with Crippen LogP contribution in [0.1, 0.15) is 39.2 Å². The highest BCUT2D eigenvalue weighted by Gasteiger charge is 2.31. The molecule has 3 amide bonds. The molecule has 0 radical (unpaired) electrons. The molecule has 222 valence electrons. The Balaban J connectivity index is 1.59. The molecule has 13 nitrogen and oxygen atoms in total. The zero-order valence-electron chi connectivity index (χ0n) is 23.4. The summed E-state index contributed by atoms with van der Waals surface area (Å²) in [5.41, 5.74) is -0.257. The summed E-state index contributed by atoms with van der Waals surface area (Å²) in [5.74, 6) is -0.632. The molecule has 1 fully saturated rings. The summed E-state index contributed by atoms with van der Waals surface area (Å²) < 4.78 is 32.4. The molecular weight excluding hydrogens is 553 g/mol. The SMILES string of the molecule is Cc1c(-c2cc3cc(NC(=O)O[C@H]4C[C@@H](O)C4)ncc3c(NC(=O)OC(C)(C)C)c2F)cnc2c1N(C(=O)O)CCO2. The molecule has 5 rings (SSSR count). The summed E-state index contributed by atoms with van der Waals surface area (Å²) in [6, 6.07) is 2.96. The van der Waals surface area contributed by atoms with E-state index in [1.807, 2.05) is 0 Å². The minimum absolute atomic E-state index is 0.000420. The maximum absolute atomic E-state index is 16.3. The van der Waals surface area contributed by atoms with Crippen LogP contribution >= 0.6 is 0 Å². The molecule has 0 atom stereocenters. The van der Waals surface area contributed by atoms with Gasteiger partial charge in [0.05, 0.1) is 18.3 Å². The van der Waals surface area contributed by atoms with Crippen LogP contribution in [0.2, 0.25) is 0 Å². The second kappa shape index (κ2) is 10.9. The Labute approximate surface area is 239 Å². The Morgan fingerprint density at radius 1 is 1.10 bits per heavy atom. The second-order valence-corrected chi connectivity index (χ2v) is 11.0. The number of hydrogen-bond donors (Lipinski definition) is 4. The number of fused-ring (bicyclic) bond motifs is 2. The number of pyridine rings is 2. The van der Waals surface area contributed by atoms with E-state index in [1.54, 1.807) is 27.7 Å². The number of ether oxygens (including phenoxy) is 3. The molecule has 14 heteroatoms. The molecule has 3 heterocycles. The molecule has 0 saturated heterocycles. The quantitative estimate of drug-likeness (QED) is 0.326. The molecule has 4 N–H and O–H groups in total. The lowest BCUT2D eigenvalue weighted by Crippen LogP contribution is -2.38. The fraction of sp³-hybridized carbons (Fsp3) is 0.393. The standard InChI is InChI=1S/C28H30FN5O8/c1-13-18(11-31-24-23(13)34(27(38)39)5-6-40-24)17-7-14-8-20(32-25(36)41-16-9-15(35)10-16)30-12-19(14)22(21(17)29)33-26(37)42-28(2,3)4/h7-8,11-12,15-16,35H,5-6,9-10H2,1-4H3,(H,33,37)(H,38,39)(H,30,32,36)/t15-,16+. The smallest absolute Gasteiger partial charge is 0.413 e. The van der Waals surface area contributed by atoms with Crippen LogP contribution in [-0.4, -0.2) is 69.4 Å². The number of aliphatic hydroxyl groups excluding tert-OH is 1. The van der Waals surface area contributed by atoms with Gasteiger partial charge in [0.1, 0.15) is 29.8 Å². The van der Waals surface area contributed by atoms with Gasteiger partial charge in [0, 0.05) is 41.7 Å². The first-order valence-electron chi connectivity index (χ1n) is 13.2. The van der Waals surface area contributed by atoms with Crippen molar-refractivity contribution in [1.29, 1.82) is 0 Å². The van der Waals surface area contributed by atoms with Gasteiger partial charge in [0.15, 0.2) is 5.82 Å². The lowest BCUT2D eigenvalue weighted by molar-refractivity contribution is -0.0308. The Kier molecular flexibility index (Phi) is 7.49. The highest BCUT2D eigenvalue weighted by atomic mass is 19.1. The van der Waals surface area contributed by atoms with E-state index in [4.69, 9.17) is 14.2 Å². The molecule has 2 aromatic heterocycles. The summed E-state index contributed by atoms with van der Waals surface area (Å²) in [6.45, 7) is 6.80. The molecule has 0 bridgehead atoms. The Bertz CT molecular complexity index is 1580. The molecule has 0 spiro atoms. The van der Waals surface area contributed by atoms with Crippen molar-refractivity contribution in [2.45, 2.75) is 58.3 Å². The fourth-order valence-corrected chi connectivity index (χ4v) is 4.78. The second-order valence-electron chi connectivity index (χ2n) is 11.0. The van der Waals surface area contributed by atoms with Crippen molar-refractivity contribution in [2.24, 2.45) is 0 Å². The first-order valence-corrected chi connectivity index (χ1v) is 13.2. The van der Waals surface area contributed by atoms with E-state index in [1.165, 1.54) is 24.5 Å². The van der Waals surface area contributed by atoms with Crippen LogP contribution in [0.4, 0.5) is 36.0 Å². The summed E-state index contributed by atoms with van der Waals surface area (Å²) in [4.78, 5) is 46.5. The normalized spacial score (nSPS) is 17.9. The summed E-state index contributed by atoms with van der Waals surface area (Å²) in [7, 11) is 0. The predicted molar refractivity (Wildman–Crippen MR) is 150 cm³/mol. The van der Waals surface area contributed by atoms with E-state index < -0.39 is 41.9 Å². The van der Waals surface area contributed by atoms with E-state index in [2.05, 4.69) is 20.6 Å². The maximum atomic E-state index is 16.3. The van der Waals surface area contributed by atoms with Gasteiger partial charge in [-0.15, -0.1) is 0 Å². The Morgan fingerprint density at radius 2 is 1.83 bits per heavy atom. The number of carbonyl (C=O) groups is 3. The summed E-state index contributed by atoms with van der Waals surface area (Å²) in [6.07, 6.45) is -0.435. The van der Waals surface area contributed by atoms with Gasteiger partial charge in [0.25, 0.3) is 0 Å². The Hall–Kier alpha value is -4.72. The number of halogens is 1. The number of nitrogens with zero attached hydrogens (tertiary/aromatic N) is 3. The van der Waals surface area contributed by atoms with Gasteiger partial charge in [-0.2, -0.15) is 0 Å². The molecule has 1 aromatic carbocycles. The molecule has 2 aliphatic rings. The van der Waals surface area contributed by atoms with Gasteiger partial charge in [-0.1, -0.05) is 0 Å². The van der Waals surface area contributed by atoms with Crippen LogP contribution < -0.4 is 20.3 Å². The summed E-state index contributed by atoms with van der Waals surface area (Å²) >= 11 is 0. The molecule has 1 aliphatic heterocycles. The molecule has 1 saturated carbocycles. The highest BCUT2D eigenvalue weighted by Crippen LogP contribution is 2.42. The van der Waals surface area contributed by atoms with Crippen LogP contribution in [0.15, 0.2) is 24.5 Å². The lowest BCUT2D eigenvalue weighted by atomic mass is 9.92. The molecule has 42 heavy (non-hydrogen) atoms. The third-order valence-electron chi connectivity index (χ3n) is 6.78. The van der Waals surface area contributed by atoms with Crippen LogP contribution in [0, 0.1) is 12.7 Å². The van der Waals surface area contributed by atoms with E-state index >= 15 is 4.39 Å². The number of rotatable bonds is 4.